The number of hydrogen-bond acceptors (Lipinski definition) is 4. The van der Waals surface area contributed by atoms with Crippen molar-refractivity contribution in [3.05, 3.63) is 0 Å². The average molecular weight is 305 g/mol. The lowest BCUT2D eigenvalue weighted by Crippen LogP contribution is -2.34. The van der Waals surface area contributed by atoms with Crippen LogP contribution in [-0.4, -0.2) is 51.0 Å². The van der Waals surface area contributed by atoms with E-state index in [1.807, 2.05) is 0 Å². The van der Waals surface area contributed by atoms with Crippen LogP contribution in [0, 0.1) is 11.3 Å². The van der Waals surface area contributed by atoms with E-state index < -0.39 is 9.84 Å². The third-order valence-corrected chi connectivity index (χ3v) is 6.39. The van der Waals surface area contributed by atoms with Crippen LogP contribution in [0.5, 0.6) is 0 Å². The molecule has 2 atom stereocenters. The molecule has 1 aliphatic heterocycles. The van der Waals surface area contributed by atoms with Gasteiger partial charge >= 0.3 is 0 Å². The number of rotatable bonds is 7. The van der Waals surface area contributed by atoms with Crippen molar-refractivity contribution in [2.75, 3.05) is 31.6 Å². The second-order valence-corrected chi connectivity index (χ2v) is 9.55. The highest BCUT2D eigenvalue weighted by molar-refractivity contribution is 7.91. The number of hydrogen-bond donors (Lipinski definition) is 1. The molecular formula is C15H32N2O2S. The molecule has 4 nitrogen and oxygen atoms in total. The average Bonchev–Trinajstić information content (AvgIpc) is 2.67. The van der Waals surface area contributed by atoms with E-state index in [1.54, 1.807) is 0 Å². The number of sulfone groups is 1. The van der Waals surface area contributed by atoms with Crippen molar-refractivity contribution in [3.8, 4) is 0 Å². The first-order valence-corrected chi connectivity index (χ1v) is 9.58. The van der Waals surface area contributed by atoms with Gasteiger partial charge in [0.05, 0.1) is 11.5 Å². The molecule has 0 bridgehead atoms. The highest BCUT2D eigenvalue weighted by atomic mass is 32.2. The van der Waals surface area contributed by atoms with Crippen LogP contribution in [0.4, 0.5) is 0 Å². The maximum absolute atomic E-state index is 11.5. The molecule has 2 N–H and O–H groups in total. The second kappa shape index (κ2) is 7.23. The molecule has 0 aliphatic carbocycles. The lowest BCUT2D eigenvalue weighted by molar-refractivity contribution is 0.191. The fourth-order valence-electron chi connectivity index (χ4n) is 3.10. The zero-order valence-corrected chi connectivity index (χ0v) is 14.4. The smallest absolute Gasteiger partial charge is 0.151 e. The molecular weight excluding hydrogens is 272 g/mol. The van der Waals surface area contributed by atoms with Gasteiger partial charge in [0, 0.05) is 6.04 Å². The molecule has 5 heteroatoms. The van der Waals surface area contributed by atoms with Crippen LogP contribution in [0.1, 0.15) is 46.5 Å². The Kier molecular flexibility index (Phi) is 6.48. The molecule has 0 spiro atoms. The molecule has 2 unspecified atom stereocenters. The zero-order chi connectivity index (χ0) is 15.4. The minimum atomic E-state index is -2.77. The molecule has 1 rings (SSSR count). The maximum Gasteiger partial charge on any atom is 0.151 e. The molecule has 1 aliphatic rings. The summed E-state index contributed by atoms with van der Waals surface area (Å²) in [5.74, 6) is 1.35. The first-order chi connectivity index (χ1) is 9.15. The van der Waals surface area contributed by atoms with Crippen LogP contribution >= 0.6 is 0 Å². The topological polar surface area (TPSA) is 63.4 Å². The molecule has 1 saturated heterocycles. The predicted octanol–water partition coefficient (Wildman–Crippen LogP) is 1.90. The SMILES string of the molecule is CN(CCCC(CCN)C(C)(C)C)C1CCS(=O)(=O)C1. The standard InChI is InChI=1S/C15H32N2O2S/c1-15(2,3)13(7-9-16)6-5-10-17(4)14-8-11-20(18,19)12-14/h13-14H,5-12,16H2,1-4H3. The van der Waals surface area contributed by atoms with E-state index in [0.717, 1.165) is 32.4 Å². The fourth-order valence-corrected chi connectivity index (χ4v) is 4.91. The van der Waals surface area contributed by atoms with Crippen LogP contribution in [-0.2, 0) is 9.84 Å². The number of nitrogens with two attached hydrogens (primary N) is 1. The Morgan fingerprint density at radius 2 is 1.95 bits per heavy atom. The summed E-state index contributed by atoms with van der Waals surface area (Å²) in [6, 6.07) is 0.225. The van der Waals surface area contributed by atoms with E-state index in [1.165, 1.54) is 6.42 Å². The zero-order valence-electron chi connectivity index (χ0n) is 13.6. The number of nitrogens with zero attached hydrogens (tertiary/aromatic N) is 1. The summed E-state index contributed by atoms with van der Waals surface area (Å²) in [5.41, 5.74) is 6.01. The van der Waals surface area contributed by atoms with Crippen LogP contribution in [0.2, 0.25) is 0 Å². The fraction of sp³-hybridized carbons (Fsp3) is 1.00. The highest BCUT2D eigenvalue weighted by Crippen LogP contribution is 2.32. The van der Waals surface area contributed by atoms with Gasteiger partial charge < -0.3 is 10.6 Å². The normalized spacial score (nSPS) is 24.2. The minimum absolute atomic E-state index is 0.225. The van der Waals surface area contributed by atoms with Gasteiger partial charge in [0.15, 0.2) is 9.84 Å². The van der Waals surface area contributed by atoms with E-state index in [9.17, 15) is 8.42 Å². The Balaban J connectivity index is 2.36. The van der Waals surface area contributed by atoms with Crippen LogP contribution in [0.25, 0.3) is 0 Å². The highest BCUT2D eigenvalue weighted by Gasteiger charge is 2.30. The molecule has 0 aromatic heterocycles. The Morgan fingerprint density at radius 1 is 1.30 bits per heavy atom. The van der Waals surface area contributed by atoms with Gasteiger partial charge in [0.2, 0.25) is 0 Å². The molecule has 20 heavy (non-hydrogen) atoms. The Labute approximate surface area is 125 Å². The first kappa shape index (κ1) is 17.9. The molecule has 120 valence electrons. The van der Waals surface area contributed by atoms with Gasteiger partial charge in [0.1, 0.15) is 0 Å². The van der Waals surface area contributed by atoms with Crippen molar-refractivity contribution in [1.29, 1.82) is 0 Å². The van der Waals surface area contributed by atoms with E-state index >= 15 is 0 Å². The maximum atomic E-state index is 11.5. The van der Waals surface area contributed by atoms with Gasteiger partial charge in [-0.05, 0) is 57.2 Å². The Hall–Kier alpha value is -0.130. The molecule has 0 aromatic rings. The van der Waals surface area contributed by atoms with E-state index in [2.05, 4.69) is 32.7 Å². The monoisotopic (exact) mass is 304 g/mol. The van der Waals surface area contributed by atoms with E-state index in [0.29, 0.717) is 22.8 Å². The molecule has 1 fully saturated rings. The van der Waals surface area contributed by atoms with Crippen molar-refractivity contribution < 1.29 is 8.42 Å². The third-order valence-electron chi connectivity index (χ3n) is 4.64. The molecule has 0 radical (unpaired) electrons. The summed E-state index contributed by atoms with van der Waals surface area (Å²) in [7, 11) is -0.716. The van der Waals surface area contributed by atoms with Crippen molar-refractivity contribution in [1.82, 2.24) is 4.90 Å². The predicted molar refractivity (Wildman–Crippen MR) is 85.5 cm³/mol. The summed E-state index contributed by atoms with van der Waals surface area (Å²) in [6.07, 6.45) is 4.16. The Morgan fingerprint density at radius 3 is 2.40 bits per heavy atom. The summed E-state index contributed by atoms with van der Waals surface area (Å²) < 4.78 is 23.0. The van der Waals surface area contributed by atoms with Gasteiger partial charge in [-0.15, -0.1) is 0 Å². The van der Waals surface area contributed by atoms with Gasteiger partial charge in [-0.1, -0.05) is 20.8 Å². The van der Waals surface area contributed by atoms with Gasteiger partial charge in [0.25, 0.3) is 0 Å². The summed E-state index contributed by atoms with van der Waals surface area (Å²) in [6.45, 7) is 8.57. The second-order valence-electron chi connectivity index (χ2n) is 7.32. The van der Waals surface area contributed by atoms with E-state index in [-0.39, 0.29) is 6.04 Å². The Bertz CT molecular complexity index is 387. The van der Waals surface area contributed by atoms with Gasteiger partial charge in [-0.2, -0.15) is 0 Å². The largest absolute Gasteiger partial charge is 0.330 e. The minimum Gasteiger partial charge on any atom is -0.330 e. The summed E-state index contributed by atoms with van der Waals surface area (Å²) >= 11 is 0. The third kappa shape index (κ3) is 5.70. The van der Waals surface area contributed by atoms with E-state index in [4.69, 9.17) is 5.73 Å². The first-order valence-electron chi connectivity index (χ1n) is 7.76. The molecule has 1 heterocycles. The van der Waals surface area contributed by atoms with Crippen LogP contribution < -0.4 is 5.73 Å². The molecule has 0 saturated carbocycles. The summed E-state index contributed by atoms with van der Waals surface area (Å²) in [4.78, 5) is 2.23. The van der Waals surface area contributed by atoms with Crippen molar-refractivity contribution in [2.45, 2.75) is 52.5 Å². The van der Waals surface area contributed by atoms with Gasteiger partial charge in [-0.25, -0.2) is 8.42 Å². The lowest BCUT2D eigenvalue weighted by Gasteiger charge is -2.31. The van der Waals surface area contributed by atoms with Crippen LogP contribution in [0.3, 0.4) is 0 Å². The quantitative estimate of drug-likeness (QED) is 0.780. The summed E-state index contributed by atoms with van der Waals surface area (Å²) in [5, 5.41) is 0. The van der Waals surface area contributed by atoms with Crippen molar-refractivity contribution in [2.24, 2.45) is 17.1 Å². The lowest BCUT2D eigenvalue weighted by atomic mass is 9.76. The molecule has 0 amide bonds. The molecule has 0 aromatic carbocycles. The van der Waals surface area contributed by atoms with Crippen molar-refractivity contribution in [3.63, 3.8) is 0 Å². The van der Waals surface area contributed by atoms with Gasteiger partial charge in [-0.3, -0.25) is 0 Å². The van der Waals surface area contributed by atoms with Crippen molar-refractivity contribution >= 4 is 9.84 Å². The van der Waals surface area contributed by atoms with Crippen LogP contribution in [0.15, 0.2) is 0 Å².